The average molecular weight is 245 g/mol. The van der Waals surface area contributed by atoms with E-state index >= 15 is 0 Å². The van der Waals surface area contributed by atoms with Gasteiger partial charge in [0.05, 0.1) is 5.92 Å². The molecule has 5 nitrogen and oxygen atoms in total. The van der Waals surface area contributed by atoms with Gasteiger partial charge >= 0.3 is 5.97 Å². The Morgan fingerprint density at radius 1 is 1.12 bits per heavy atom. The van der Waals surface area contributed by atoms with E-state index in [1.807, 2.05) is 33.1 Å². The van der Waals surface area contributed by atoms with Crippen molar-refractivity contribution in [1.29, 1.82) is 0 Å². The van der Waals surface area contributed by atoms with Gasteiger partial charge in [0.25, 0.3) is 0 Å². The Morgan fingerprint density at radius 3 is 2.06 bits per heavy atom. The molecule has 0 spiro atoms. The molecular formula is C12H27N3O2. The molecule has 2 unspecified atom stereocenters. The van der Waals surface area contributed by atoms with E-state index in [4.69, 9.17) is 10.8 Å². The molecule has 0 amide bonds. The van der Waals surface area contributed by atoms with Gasteiger partial charge in [-0.15, -0.1) is 0 Å². The summed E-state index contributed by atoms with van der Waals surface area (Å²) >= 11 is 0. The number of hydrogen-bond acceptors (Lipinski definition) is 4. The van der Waals surface area contributed by atoms with E-state index in [1.54, 1.807) is 0 Å². The van der Waals surface area contributed by atoms with Gasteiger partial charge in [0.2, 0.25) is 0 Å². The normalized spacial score (nSPS) is 15.2. The topological polar surface area (TPSA) is 69.8 Å². The van der Waals surface area contributed by atoms with Gasteiger partial charge in [-0.1, -0.05) is 6.42 Å². The molecule has 0 aliphatic heterocycles. The second-order valence-corrected chi connectivity index (χ2v) is 5.25. The Balaban J connectivity index is 3.85. The minimum absolute atomic E-state index is 0.138. The maximum atomic E-state index is 11.0. The molecule has 102 valence electrons. The van der Waals surface area contributed by atoms with Gasteiger partial charge in [0, 0.05) is 19.1 Å². The van der Waals surface area contributed by atoms with Gasteiger partial charge in [0.15, 0.2) is 0 Å². The summed E-state index contributed by atoms with van der Waals surface area (Å²) < 4.78 is 0. The number of hydrogen-bond donors (Lipinski definition) is 2. The Bertz CT molecular complexity index is 220. The third kappa shape index (κ3) is 9.09. The molecule has 0 aromatic heterocycles. The summed E-state index contributed by atoms with van der Waals surface area (Å²) in [5.74, 6) is -0.989. The van der Waals surface area contributed by atoms with Crippen molar-refractivity contribution in [3.05, 3.63) is 0 Å². The minimum Gasteiger partial charge on any atom is -0.481 e. The van der Waals surface area contributed by atoms with Gasteiger partial charge in [-0.3, -0.25) is 4.79 Å². The van der Waals surface area contributed by atoms with Gasteiger partial charge in [0.1, 0.15) is 0 Å². The standard InChI is InChI=1S/C12H27N3O2/c1-14(2)8-10(12(16)17)6-5-7-11(13)9-15(3)4/h10-11H,5-9,13H2,1-4H3,(H,16,17). The highest BCUT2D eigenvalue weighted by atomic mass is 16.4. The molecular weight excluding hydrogens is 218 g/mol. The van der Waals surface area contributed by atoms with Crippen LogP contribution < -0.4 is 5.73 Å². The molecule has 5 heteroatoms. The molecule has 2 atom stereocenters. The van der Waals surface area contributed by atoms with Crippen LogP contribution in [-0.4, -0.2) is 68.2 Å². The summed E-state index contributed by atoms with van der Waals surface area (Å²) in [5, 5.41) is 9.07. The molecule has 0 aliphatic rings. The summed E-state index contributed by atoms with van der Waals surface area (Å²) in [5.41, 5.74) is 5.94. The Morgan fingerprint density at radius 2 is 1.65 bits per heavy atom. The number of carboxylic acid groups (broad SMARTS) is 1. The number of carboxylic acids is 1. The first kappa shape index (κ1) is 16.4. The van der Waals surface area contributed by atoms with Crippen molar-refractivity contribution in [2.75, 3.05) is 41.3 Å². The Kier molecular flexibility index (Phi) is 8.12. The van der Waals surface area contributed by atoms with Gasteiger partial charge < -0.3 is 20.6 Å². The molecule has 0 fully saturated rings. The predicted octanol–water partition coefficient (Wildman–Crippen LogP) is 0.308. The summed E-state index contributed by atoms with van der Waals surface area (Å²) in [7, 11) is 7.78. The second kappa shape index (κ2) is 8.44. The van der Waals surface area contributed by atoms with Crippen LogP contribution >= 0.6 is 0 Å². The lowest BCUT2D eigenvalue weighted by Gasteiger charge is -2.19. The zero-order valence-electron chi connectivity index (χ0n) is 11.5. The first-order valence-corrected chi connectivity index (χ1v) is 6.10. The molecule has 0 saturated heterocycles. The van der Waals surface area contributed by atoms with Crippen molar-refractivity contribution >= 4 is 5.97 Å². The van der Waals surface area contributed by atoms with Crippen molar-refractivity contribution in [1.82, 2.24) is 9.80 Å². The van der Waals surface area contributed by atoms with Crippen molar-refractivity contribution in [2.24, 2.45) is 11.7 Å². The molecule has 0 bridgehead atoms. The second-order valence-electron chi connectivity index (χ2n) is 5.25. The van der Waals surface area contributed by atoms with Crippen LogP contribution in [0, 0.1) is 5.92 Å². The van der Waals surface area contributed by atoms with Crippen LogP contribution in [-0.2, 0) is 4.79 Å². The molecule has 0 rings (SSSR count). The van der Waals surface area contributed by atoms with E-state index in [1.165, 1.54) is 0 Å². The fraction of sp³-hybridized carbons (Fsp3) is 0.917. The van der Waals surface area contributed by atoms with Crippen LogP contribution in [0.2, 0.25) is 0 Å². The molecule has 0 saturated carbocycles. The van der Waals surface area contributed by atoms with Crippen LogP contribution in [0.3, 0.4) is 0 Å². The SMILES string of the molecule is CN(C)CC(N)CCCC(CN(C)C)C(=O)O. The van der Waals surface area contributed by atoms with Gasteiger partial charge in [-0.2, -0.15) is 0 Å². The zero-order chi connectivity index (χ0) is 13.4. The van der Waals surface area contributed by atoms with E-state index < -0.39 is 5.97 Å². The zero-order valence-corrected chi connectivity index (χ0v) is 11.5. The number of nitrogens with two attached hydrogens (primary N) is 1. The largest absolute Gasteiger partial charge is 0.481 e. The lowest BCUT2D eigenvalue weighted by atomic mass is 9.99. The van der Waals surface area contributed by atoms with Crippen molar-refractivity contribution in [3.8, 4) is 0 Å². The summed E-state index contributed by atoms with van der Waals surface area (Å²) in [6.07, 6.45) is 2.46. The van der Waals surface area contributed by atoms with E-state index in [9.17, 15) is 4.79 Å². The monoisotopic (exact) mass is 245 g/mol. The van der Waals surface area contributed by atoms with Crippen LogP contribution in [0.25, 0.3) is 0 Å². The summed E-state index contributed by atoms with van der Waals surface area (Å²) in [4.78, 5) is 15.0. The Labute approximate surface area is 105 Å². The quantitative estimate of drug-likeness (QED) is 0.612. The lowest BCUT2D eigenvalue weighted by Crippen LogP contribution is -2.33. The van der Waals surface area contributed by atoms with Crippen LogP contribution in [0.1, 0.15) is 19.3 Å². The number of carbonyl (C=O) groups is 1. The molecule has 0 aromatic carbocycles. The van der Waals surface area contributed by atoms with Gasteiger partial charge in [-0.25, -0.2) is 0 Å². The first-order valence-electron chi connectivity index (χ1n) is 6.10. The predicted molar refractivity (Wildman–Crippen MR) is 70.1 cm³/mol. The summed E-state index contributed by atoms with van der Waals surface area (Å²) in [6, 6.07) is 0.138. The molecule has 17 heavy (non-hydrogen) atoms. The maximum absolute atomic E-state index is 11.0. The summed E-state index contributed by atoms with van der Waals surface area (Å²) in [6.45, 7) is 1.45. The van der Waals surface area contributed by atoms with Crippen molar-refractivity contribution in [2.45, 2.75) is 25.3 Å². The van der Waals surface area contributed by atoms with Crippen LogP contribution in [0.5, 0.6) is 0 Å². The smallest absolute Gasteiger partial charge is 0.307 e. The fourth-order valence-corrected chi connectivity index (χ4v) is 1.92. The molecule has 0 heterocycles. The van der Waals surface area contributed by atoms with Gasteiger partial charge in [-0.05, 0) is 41.0 Å². The average Bonchev–Trinajstić information content (AvgIpc) is 2.13. The minimum atomic E-state index is -0.708. The van der Waals surface area contributed by atoms with Crippen LogP contribution in [0.4, 0.5) is 0 Å². The van der Waals surface area contributed by atoms with E-state index in [-0.39, 0.29) is 12.0 Å². The van der Waals surface area contributed by atoms with E-state index in [0.29, 0.717) is 13.0 Å². The van der Waals surface area contributed by atoms with Crippen LogP contribution in [0.15, 0.2) is 0 Å². The third-order valence-electron chi connectivity index (χ3n) is 2.66. The Hall–Kier alpha value is -0.650. The lowest BCUT2D eigenvalue weighted by molar-refractivity contribution is -0.142. The number of nitrogens with zero attached hydrogens (tertiary/aromatic N) is 2. The van der Waals surface area contributed by atoms with E-state index in [2.05, 4.69) is 4.90 Å². The number of likely N-dealkylation sites (N-methyl/N-ethyl adjacent to an activating group) is 1. The highest BCUT2D eigenvalue weighted by molar-refractivity contribution is 5.70. The molecule has 3 N–H and O–H groups in total. The molecule has 0 aliphatic carbocycles. The highest BCUT2D eigenvalue weighted by Gasteiger charge is 2.18. The maximum Gasteiger partial charge on any atom is 0.307 e. The van der Waals surface area contributed by atoms with E-state index in [0.717, 1.165) is 19.4 Å². The third-order valence-corrected chi connectivity index (χ3v) is 2.66. The van der Waals surface area contributed by atoms with Crippen molar-refractivity contribution in [3.63, 3.8) is 0 Å². The highest BCUT2D eigenvalue weighted by Crippen LogP contribution is 2.11. The van der Waals surface area contributed by atoms with Crippen molar-refractivity contribution < 1.29 is 9.90 Å². The number of aliphatic carboxylic acids is 1. The molecule has 0 radical (unpaired) electrons. The molecule has 0 aromatic rings. The number of rotatable bonds is 9. The fourth-order valence-electron chi connectivity index (χ4n) is 1.92. The first-order chi connectivity index (χ1) is 7.82.